The second-order valence-corrected chi connectivity index (χ2v) is 6.42. The second-order valence-electron chi connectivity index (χ2n) is 5.04. The number of benzene rings is 1. The molecular weight excluding hydrogens is 421 g/mol. The fourth-order valence-corrected chi connectivity index (χ4v) is 3.19. The van der Waals surface area contributed by atoms with Crippen LogP contribution in [0.25, 0.3) is 6.08 Å². The summed E-state index contributed by atoms with van der Waals surface area (Å²) in [5.41, 5.74) is -0.691. The zero-order valence-electron chi connectivity index (χ0n) is 13.8. The molecule has 1 aromatic carbocycles. The van der Waals surface area contributed by atoms with Crippen molar-refractivity contribution in [1.82, 2.24) is 0 Å². The van der Waals surface area contributed by atoms with Crippen LogP contribution in [0.4, 0.5) is 0 Å². The van der Waals surface area contributed by atoms with Gasteiger partial charge in [0.05, 0.1) is 25.7 Å². The van der Waals surface area contributed by atoms with Crippen molar-refractivity contribution in [3.8, 4) is 6.07 Å². The van der Waals surface area contributed by atoms with Crippen LogP contribution in [0.2, 0.25) is 0 Å². The van der Waals surface area contributed by atoms with E-state index in [9.17, 15) is 9.59 Å². The summed E-state index contributed by atoms with van der Waals surface area (Å²) in [6.07, 6.45) is 1.64. The Kier molecular flexibility index (Phi) is 8.47. The van der Waals surface area contributed by atoms with E-state index in [0.29, 0.717) is 0 Å². The maximum absolute atomic E-state index is 12.5. The zero-order chi connectivity index (χ0) is 18.0. The number of esters is 2. The number of hydrogen-bond donors (Lipinski definition) is 0. The SMILES string of the molecule is CCOC(=O)C(CC#N)(C/C(I)=C/c1ccccc1)C(=O)OCC. The van der Waals surface area contributed by atoms with Crippen molar-refractivity contribution in [3.05, 3.63) is 39.5 Å². The number of carbonyl (C=O) groups excluding carboxylic acids is 2. The molecular formula is C18H20INO4. The lowest BCUT2D eigenvalue weighted by Crippen LogP contribution is -2.42. The molecule has 128 valence electrons. The van der Waals surface area contributed by atoms with Gasteiger partial charge in [-0.15, -0.1) is 0 Å². The Balaban J connectivity index is 3.20. The number of rotatable bonds is 8. The minimum Gasteiger partial charge on any atom is -0.465 e. The van der Waals surface area contributed by atoms with Gasteiger partial charge in [-0.1, -0.05) is 30.3 Å². The molecule has 5 nitrogen and oxygen atoms in total. The maximum Gasteiger partial charge on any atom is 0.324 e. The molecule has 0 fully saturated rings. The molecule has 24 heavy (non-hydrogen) atoms. The standard InChI is InChI=1S/C18H20INO4/c1-3-23-16(21)18(10-11-20,17(22)24-4-2)13-15(19)12-14-8-6-5-7-9-14/h5-9,12H,3-4,10,13H2,1-2H3/b15-12-. The second kappa shape index (κ2) is 10.1. The molecule has 0 saturated carbocycles. The first-order valence-electron chi connectivity index (χ1n) is 7.62. The number of hydrogen-bond acceptors (Lipinski definition) is 5. The van der Waals surface area contributed by atoms with Crippen molar-refractivity contribution in [3.63, 3.8) is 0 Å². The molecule has 0 aromatic heterocycles. The smallest absolute Gasteiger partial charge is 0.324 e. The van der Waals surface area contributed by atoms with Crippen molar-refractivity contribution in [2.45, 2.75) is 26.7 Å². The fraction of sp³-hybridized carbons (Fsp3) is 0.389. The third-order valence-corrected chi connectivity index (χ3v) is 4.00. The molecule has 1 aromatic rings. The molecule has 0 radical (unpaired) electrons. The van der Waals surface area contributed by atoms with Crippen molar-refractivity contribution < 1.29 is 19.1 Å². The molecule has 0 unspecified atom stereocenters. The summed E-state index contributed by atoms with van der Waals surface area (Å²) in [5.74, 6) is -1.44. The molecule has 0 aliphatic heterocycles. The van der Waals surface area contributed by atoms with Crippen molar-refractivity contribution in [2.24, 2.45) is 5.41 Å². The molecule has 0 bridgehead atoms. The third kappa shape index (κ3) is 5.34. The summed E-state index contributed by atoms with van der Waals surface area (Å²) < 4.78 is 10.9. The maximum atomic E-state index is 12.5. The molecule has 0 amide bonds. The number of allylic oxidation sites excluding steroid dienone is 1. The van der Waals surface area contributed by atoms with Gasteiger partial charge in [-0.2, -0.15) is 5.26 Å². The van der Waals surface area contributed by atoms with Crippen molar-refractivity contribution in [1.29, 1.82) is 5.26 Å². The Morgan fingerprint density at radius 3 is 2.17 bits per heavy atom. The van der Waals surface area contributed by atoms with E-state index in [1.165, 1.54) is 0 Å². The van der Waals surface area contributed by atoms with Gasteiger partial charge in [-0.25, -0.2) is 0 Å². The monoisotopic (exact) mass is 441 g/mol. The lowest BCUT2D eigenvalue weighted by Gasteiger charge is -2.26. The number of nitriles is 1. The summed E-state index contributed by atoms with van der Waals surface area (Å²) in [4.78, 5) is 24.9. The first kappa shape index (κ1) is 20.2. The first-order valence-corrected chi connectivity index (χ1v) is 8.70. The Morgan fingerprint density at radius 1 is 1.17 bits per heavy atom. The predicted molar refractivity (Wildman–Crippen MR) is 99.0 cm³/mol. The molecule has 1 rings (SSSR count). The molecule has 0 heterocycles. The average molecular weight is 441 g/mol. The molecule has 0 aliphatic rings. The minimum absolute atomic E-state index is 0.0632. The Hall–Kier alpha value is -1.88. The summed E-state index contributed by atoms with van der Waals surface area (Å²) in [6.45, 7) is 3.57. The van der Waals surface area contributed by atoms with Crippen molar-refractivity contribution >= 4 is 40.6 Å². The van der Waals surface area contributed by atoms with Crippen LogP contribution in [0.1, 0.15) is 32.3 Å². The van der Waals surface area contributed by atoms with E-state index in [4.69, 9.17) is 14.7 Å². The summed E-state index contributed by atoms with van der Waals surface area (Å²) in [6, 6.07) is 11.5. The molecule has 0 aliphatic carbocycles. The molecule has 0 saturated heterocycles. The van der Waals surface area contributed by atoms with Crippen LogP contribution >= 0.6 is 22.6 Å². The van der Waals surface area contributed by atoms with Gasteiger partial charge in [0.1, 0.15) is 0 Å². The highest BCUT2D eigenvalue weighted by molar-refractivity contribution is 14.1. The zero-order valence-corrected chi connectivity index (χ0v) is 15.9. The van der Waals surface area contributed by atoms with Gasteiger partial charge in [0.15, 0.2) is 5.41 Å². The van der Waals surface area contributed by atoms with Gasteiger partial charge >= 0.3 is 11.9 Å². The fourth-order valence-electron chi connectivity index (χ4n) is 2.18. The van der Waals surface area contributed by atoms with Gasteiger partial charge < -0.3 is 9.47 Å². The number of ether oxygens (including phenoxy) is 2. The van der Waals surface area contributed by atoms with Gasteiger partial charge in [0.2, 0.25) is 0 Å². The highest BCUT2D eigenvalue weighted by Crippen LogP contribution is 2.36. The minimum atomic E-state index is -1.64. The van der Waals surface area contributed by atoms with Crippen LogP contribution in [-0.4, -0.2) is 25.2 Å². The van der Waals surface area contributed by atoms with E-state index >= 15 is 0 Å². The Bertz CT molecular complexity index is 616. The normalized spacial score (nSPS) is 11.5. The summed E-state index contributed by atoms with van der Waals surface area (Å²) >= 11 is 2.07. The lowest BCUT2D eigenvalue weighted by molar-refractivity contribution is -0.171. The molecule has 0 atom stereocenters. The van der Waals surface area contributed by atoms with Crippen LogP contribution in [0.3, 0.4) is 0 Å². The lowest BCUT2D eigenvalue weighted by atomic mass is 9.81. The van der Waals surface area contributed by atoms with E-state index in [-0.39, 0.29) is 26.1 Å². The highest BCUT2D eigenvalue weighted by Gasteiger charge is 2.49. The Labute approximate surface area is 155 Å². The Morgan fingerprint density at radius 2 is 1.71 bits per heavy atom. The van der Waals surface area contributed by atoms with E-state index in [2.05, 4.69) is 22.6 Å². The van der Waals surface area contributed by atoms with Crippen LogP contribution in [-0.2, 0) is 19.1 Å². The molecule has 6 heteroatoms. The van der Waals surface area contributed by atoms with E-state index in [1.54, 1.807) is 13.8 Å². The topological polar surface area (TPSA) is 76.4 Å². The molecule has 0 spiro atoms. The van der Waals surface area contributed by atoms with E-state index in [1.807, 2.05) is 42.5 Å². The van der Waals surface area contributed by atoms with Crippen LogP contribution in [0.5, 0.6) is 0 Å². The highest BCUT2D eigenvalue weighted by atomic mass is 127. The van der Waals surface area contributed by atoms with Gasteiger partial charge in [-0.05, 0) is 51.7 Å². The van der Waals surface area contributed by atoms with Gasteiger partial charge in [0.25, 0.3) is 0 Å². The number of carbonyl (C=O) groups is 2. The van der Waals surface area contributed by atoms with Crippen LogP contribution in [0, 0.1) is 16.7 Å². The van der Waals surface area contributed by atoms with Crippen LogP contribution in [0.15, 0.2) is 33.9 Å². The summed E-state index contributed by atoms with van der Waals surface area (Å²) in [5, 5.41) is 9.15. The first-order chi connectivity index (χ1) is 11.5. The number of halogens is 1. The van der Waals surface area contributed by atoms with E-state index in [0.717, 1.165) is 9.14 Å². The van der Waals surface area contributed by atoms with Gasteiger partial charge in [0, 0.05) is 6.42 Å². The molecule has 0 N–H and O–H groups in total. The quantitative estimate of drug-likeness (QED) is 0.348. The summed E-state index contributed by atoms with van der Waals surface area (Å²) in [7, 11) is 0. The third-order valence-electron chi connectivity index (χ3n) is 3.31. The van der Waals surface area contributed by atoms with Gasteiger partial charge in [-0.3, -0.25) is 9.59 Å². The number of nitrogens with zero attached hydrogens (tertiary/aromatic N) is 1. The average Bonchev–Trinajstić information content (AvgIpc) is 2.55. The van der Waals surface area contributed by atoms with Crippen LogP contribution < -0.4 is 0 Å². The largest absolute Gasteiger partial charge is 0.465 e. The van der Waals surface area contributed by atoms with Crippen molar-refractivity contribution in [2.75, 3.05) is 13.2 Å². The predicted octanol–water partition coefficient (Wildman–Crippen LogP) is 3.88. The van der Waals surface area contributed by atoms with E-state index < -0.39 is 17.4 Å².